The third kappa shape index (κ3) is 3.84. The van der Waals surface area contributed by atoms with E-state index in [4.69, 9.17) is 0 Å². The molecule has 0 spiro atoms. The molecule has 1 heterocycles. The minimum atomic E-state index is -3.45. The first kappa shape index (κ1) is 13.6. The lowest BCUT2D eigenvalue weighted by atomic mass is 10.2. The van der Waals surface area contributed by atoms with Gasteiger partial charge in [-0.3, -0.25) is 0 Å². The molecule has 2 aromatic rings. The molecule has 0 amide bonds. The Balaban J connectivity index is 1.97. The van der Waals surface area contributed by atoms with Gasteiger partial charge in [0.2, 0.25) is 10.0 Å². The van der Waals surface area contributed by atoms with Crippen LogP contribution in [0.2, 0.25) is 0 Å². The number of sulfonamides is 1. The normalized spacial score (nSPS) is 11.4. The van der Waals surface area contributed by atoms with Crippen LogP contribution in [-0.2, 0) is 16.4 Å². The summed E-state index contributed by atoms with van der Waals surface area (Å²) >= 11 is 0. The van der Waals surface area contributed by atoms with Gasteiger partial charge in [-0.05, 0) is 25.1 Å². The maximum absolute atomic E-state index is 12.0. The number of nitrogens with zero attached hydrogens (tertiary/aromatic N) is 2. The Morgan fingerprint density at radius 2 is 1.74 bits per heavy atom. The van der Waals surface area contributed by atoms with Crippen LogP contribution in [0.25, 0.3) is 0 Å². The summed E-state index contributed by atoms with van der Waals surface area (Å²) in [6.45, 7) is 2.19. The molecular weight excluding hydrogens is 262 g/mol. The highest BCUT2D eigenvalue weighted by Gasteiger charge is 2.12. The van der Waals surface area contributed by atoms with E-state index in [1.54, 1.807) is 42.7 Å². The van der Waals surface area contributed by atoms with Crippen molar-refractivity contribution in [2.45, 2.75) is 18.2 Å². The smallest absolute Gasteiger partial charge is 0.240 e. The number of rotatable bonds is 5. The highest BCUT2D eigenvalue weighted by Crippen LogP contribution is 2.09. The van der Waals surface area contributed by atoms with Crippen LogP contribution < -0.4 is 4.72 Å². The fourth-order valence-electron chi connectivity index (χ4n) is 1.56. The van der Waals surface area contributed by atoms with Gasteiger partial charge in [0.1, 0.15) is 5.82 Å². The summed E-state index contributed by atoms with van der Waals surface area (Å²) < 4.78 is 26.5. The number of hydrogen-bond donors (Lipinski definition) is 1. The van der Waals surface area contributed by atoms with Gasteiger partial charge in [-0.1, -0.05) is 17.7 Å². The lowest BCUT2D eigenvalue weighted by molar-refractivity contribution is 0.581. The van der Waals surface area contributed by atoms with Crippen molar-refractivity contribution in [3.63, 3.8) is 0 Å². The van der Waals surface area contributed by atoms with Crippen molar-refractivity contribution in [3.8, 4) is 0 Å². The molecule has 6 heteroatoms. The van der Waals surface area contributed by atoms with Gasteiger partial charge in [0.15, 0.2) is 0 Å². The van der Waals surface area contributed by atoms with Gasteiger partial charge in [0.05, 0.1) is 4.90 Å². The van der Waals surface area contributed by atoms with Crippen LogP contribution in [0.15, 0.2) is 47.6 Å². The minimum Gasteiger partial charge on any atom is -0.241 e. The van der Waals surface area contributed by atoms with E-state index in [9.17, 15) is 8.42 Å². The third-order valence-corrected chi connectivity index (χ3v) is 4.07. The molecule has 0 fully saturated rings. The fraction of sp³-hybridized carbons (Fsp3) is 0.231. The summed E-state index contributed by atoms with van der Waals surface area (Å²) in [4.78, 5) is 8.34. The van der Waals surface area contributed by atoms with Gasteiger partial charge in [-0.25, -0.2) is 23.1 Å². The van der Waals surface area contributed by atoms with E-state index in [-0.39, 0.29) is 11.4 Å². The van der Waals surface area contributed by atoms with Crippen LogP contribution in [0, 0.1) is 6.92 Å². The number of nitrogens with one attached hydrogen (secondary N) is 1. The van der Waals surface area contributed by atoms with Crippen molar-refractivity contribution >= 4 is 10.0 Å². The highest BCUT2D eigenvalue weighted by atomic mass is 32.2. The molecule has 0 aliphatic heterocycles. The Morgan fingerprint density at radius 3 is 2.37 bits per heavy atom. The molecule has 0 saturated heterocycles. The van der Waals surface area contributed by atoms with Gasteiger partial charge in [-0.2, -0.15) is 0 Å². The quantitative estimate of drug-likeness (QED) is 0.894. The molecule has 19 heavy (non-hydrogen) atoms. The van der Waals surface area contributed by atoms with Crippen LogP contribution in [0.5, 0.6) is 0 Å². The van der Waals surface area contributed by atoms with Crippen LogP contribution in [-0.4, -0.2) is 24.9 Å². The minimum absolute atomic E-state index is 0.270. The second kappa shape index (κ2) is 5.90. The Kier molecular flexibility index (Phi) is 4.24. The second-order valence-corrected chi connectivity index (χ2v) is 5.89. The van der Waals surface area contributed by atoms with E-state index in [2.05, 4.69) is 14.7 Å². The molecule has 0 unspecified atom stereocenters. The zero-order valence-corrected chi connectivity index (χ0v) is 11.4. The molecule has 0 radical (unpaired) electrons. The van der Waals surface area contributed by atoms with Crippen molar-refractivity contribution < 1.29 is 8.42 Å². The second-order valence-electron chi connectivity index (χ2n) is 4.13. The largest absolute Gasteiger partial charge is 0.241 e. The van der Waals surface area contributed by atoms with Crippen molar-refractivity contribution in [2.75, 3.05) is 6.54 Å². The third-order valence-electron chi connectivity index (χ3n) is 2.59. The molecule has 1 N–H and O–H groups in total. The van der Waals surface area contributed by atoms with Crippen LogP contribution in [0.4, 0.5) is 0 Å². The van der Waals surface area contributed by atoms with Gasteiger partial charge >= 0.3 is 0 Å². The first-order valence-electron chi connectivity index (χ1n) is 5.90. The van der Waals surface area contributed by atoms with Crippen LogP contribution in [0.3, 0.4) is 0 Å². The van der Waals surface area contributed by atoms with E-state index in [1.807, 2.05) is 6.92 Å². The molecule has 0 saturated carbocycles. The Labute approximate surface area is 112 Å². The van der Waals surface area contributed by atoms with Gasteiger partial charge < -0.3 is 0 Å². The van der Waals surface area contributed by atoms with E-state index in [1.165, 1.54) is 0 Å². The van der Waals surface area contributed by atoms with E-state index >= 15 is 0 Å². The highest BCUT2D eigenvalue weighted by molar-refractivity contribution is 7.89. The summed E-state index contributed by atoms with van der Waals surface area (Å²) in [6.07, 6.45) is 3.74. The molecule has 1 aromatic carbocycles. The van der Waals surface area contributed by atoms with Gasteiger partial charge in [0, 0.05) is 25.4 Å². The maximum atomic E-state index is 12.0. The number of aryl methyl sites for hydroxylation is 1. The Hall–Kier alpha value is -1.79. The van der Waals surface area contributed by atoms with Gasteiger partial charge in [-0.15, -0.1) is 0 Å². The molecule has 0 atom stereocenters. The lowest BCUT2D eigenvalue weighted by Crippen LogP contribution is -2.26. The average Bonchev–Trinajstić information content (AvgIpc) is 2.40. The molecular formula is C13H15N3O2S. The predicted octanol–water partition coefficient (Wildman–Crippen LogP) is 1.31. The first-order valence-corrected chi connectivity index (χ1v) is 7.38. The van der Waals surface area contributed by atoms with Crippen molar-refractivity contribution in [1.29, 1.82) is 0 Å². The van der Waals surface area contributed by atoms with Crippen molar-refractivity contribution in [2.24, 2.45) is 0 Å². The average molecular weight is 277 g/mol. The number of hydrogen-bond acceptors (Lipinski definition) is 4. The van der Waals surface area contributed by atoms with Crippen molar-refractivity contribution in [3.05, 3.63) is 54.1 Å². The molecule has 1 aromatic heterocycles. The van der Waals surface area contributed by atoms with E-state index < -0.39 is 10.0 Å². The van der Waals surface area contributed by atoms with Crippen LogP contribution >= 0.6 is 0 Å². The Bertz CT molecular complexity index is 625. The Morgan fingerprint density at radius 1 is 1.11 bits per heavy atom. The topological polar surface area (TPSA) is 72.0 Å². The fourth-order valence-corrected chi connectivity index (χ4v) is 2.59. The zero-order valence-electron chi connectivity index (χ0n) is 10.6. The summed E-state index contributed by atoms with van der Waals surface area (Å²) in [5.74, 6) is 0.620. The van der Waals surface area contributed by atoms with Crippen LogP contribution in [0.1, 0.15) is 11.4 Å². The SMILES string of the molecule is Cc1ccc(S(=O)(=O)NCCc2ncccn2)cc1. The summed E-state index contributed by atoms with van der Waals surface area (Å²) in [5.41, 5.74) is 1.02. The molecule has 0 aliphatic rings. The monoisotopic (exact) mass is 277 g/mol. The standard InChI is InChI=1S/C13H15N3O2S/c1-11-3-5-12(6-4-11)19(17,18)16-10-7-13-14-8-2-9-15-13/h2-6,8-9,16H,7,10H2,1H3. The summed E-state index contributed by atoms with van der Waals surface area (Å²) in [5, 5.41) is 0. The van der Waals surface area contributed by atoms with E-state index in [0.717, 1.165) is 5.56 Å². The molecule has 2 rings (SSSR count). The first-order chi connectivity index (χ1) is 9.08. The predicted molar refractivity (Wildman–Crippen MR) is 72.1 cm³/mol. The summed E-state index contributed by atoms with van der Waals surface area (Å²) in [6, 6.07) is 8.46. The number of benzene rings is 1. The molecule has 5 nitrogen and oxygen atoms in total. The number of aromatic nitrogens is 2. The lowest BCUT2D eigenvalue weighted by Gasteiger charge is -2.06. The molecule has 0 bridgehead atoms. The molecule has 0 aliphatic carbocycles. The zero-order chi connectivity index (χ0) is 13.7. The molecule has 100 valence electrons. The maximum Gasteiger partial charge on any atom is 0.240 e. The summed E-state index contributed by atoms with van der Waals surface area (Å²) in [7, 11) is -3.45. The van der Waals surface area contributed by atoms with E-state index in [0.29, 0.717) is 12.2 Å². The van der Waals surface area contributed by atoms with Crippen molar-refractivity contribution in [1.82, 2.24) is 14.7 Å². The van der Waals surface area contributed by atoms with Gasteiger partial charge in [0.25, 0.3) is 0 Å².